The number of aliphatic imine (C=N–C) groups is 2. The van der Waals surface area contributed by atoms with Crippen molar-refractivity contribution in [1.29, 1.82) is 0 Å². The third-order valence-electron chi connectivity index (χ3n) is 9.22. The predicted molar refractivity (Wildman–Crippen MR) is 173 cm³/mol. The van der Waals surface area contributed by atoms with Crippen LogP contribution in [-0.2, 0) is 13.0 Å². The van der Waals surface area contributed by atoms with E-state index in [1.165, 1.54) is 11.1 Å². The molecule has 45 heavy (non-hydrogen) atoms. The molecule has 3 aromatic rings. The summed E-state index contributed by atoms with van der Waals surface area (Å²) in [5, 5.41) is 0. The van der Waals surface area contributed by atoms with Crippen LogP contribution in [0, 0.1) is 6.92 Å². The number of unbranched alkanes of at least 4 members (excludes halogenated alkanes) is 2. The van der Waals surface area contributed by atoms with Gasteiger partial charge in [0.2, 0.25) is 0 Å². The first-order valence-electron chi connectivity index (χ1n) is 15.9. The van der Waals surface area contributed by atoms with Crippen molar-refractivity contribution in [3.8, 4) is 17.2 Å². The SMILES string of the molecule is COc1cc2c(cc1OCCCCCOc1cc3c(cc1C)C(=O)N1CCC[C@H]1C=N3)N=C[C@@H]1Cc3ccccc3CN1C2=O. The Morgan fingerprint density at radius 2 is 1.44 bits per heavy atom. The summed E-state index contributed by atoms with van der Waals surface area (Å²) in [4.78, 5) is 39.8. The van der Waals surface area contributed by atoms with E-state index < -0.39 is 0 Å². The molecule has 0 saturated carbocycles. The first kappa shape index (κ1) is 29.1. The van der Waals surface area contributed by atoms with Crippen molar-refractivity contribution in [1.82, 2.24) is 9.80 Å². The molecule has 2 amide bonds. The molecule has 4 heterocycles. The van der Waals surface area contributed by atoms with E-state index >= 15 is 0 Å². The second kappa shape index (κ2) is 12.4. The topological polar surface area (TPSA) is 93.0 Å². The molecular formula is C36H38N4O5. The van der Waals surface area contributed by atoms with Gasteiger partial charge in [-0.15, -0.1) is 0 Å². The minimum Gasteiger partial charge on any atom is -0.493 e. The fraction of sp³-hybridized carbons (Fsp3) is 0.389. The summed E-state index contributed by atoms with van der Waals surface area (Å²) in [6.45, 7) is 4.39. The van der Waals surface area contributed by atoms with Crippen LogP contribution in [-0.4, -0.2) is 73.0 Å². The maximum atomic E-state index is 13.6. The van der Waals surface area contributed by atoms with Gasteiger partial charge < -0.3 is 24.0 Å². The number of rotatable bonds is 9. The van der Waals surface area contributed by atoms with Gasteiger partial charge in [-0.1, -0.05) is 24.3 Å². The molecule has 0 N–H and O–H groups in total. The minimum atomic E-state index is -0.0834. The monoisotopic (exact) mass is 606 g/mol. The lowest BCUT2D eigenvalue weighted by Crippen LogP contribution is -2.44. The zero-order valence-corrected chi connectivity index (χ0v) is 25.8. The lowest BCUT2D eigenvalue weighted by Gasteiger charge is -2.34. The van der Waals surface area contributed by atoms with Crippen LogP contribution in [0.4, 0.5) is 11.4 Å². The molecule has 9 nitrogen and oxygen atoms in total. The Bertz CT molecular complexity index is 1700. The van der Waals surface area contributed by atoms with Gasteiger partial charge in [-0.25, -0.2) is 0 Å². The smallest absolute Gasteiger partial charge is 0.257 e. The molecule has 1 fully saturated rings. The maximum absolute atomic E-state index is 13.6. The summed E-state index contributed by atoms with van der Waals surface area (Å²) in [6, 6.07) is 15.7. The zero-order chi connectivity index (χ0) is 30.9. The average molecular weight is 607 g/mol. The predicted octanol–water partition coefficient (Wildman–Crippen LogP) is 6.24. The van der Waals surface area contributed by atoms with Crippen LogP contribution in [0.1, 0.15) is 69.5 Å². The van der Waals surface area contributed by atoms with Crippen LogP contribution in [0.2, 0.25) is 0 Å². The third kappa shape index (κ3) is 5.67. The molecule has 0 aromatic heterocycles. The highest BCUT2D eigenvalue weighted by atomic mass is 16.5. The third-order valence-corrected chi connectivity index (χ3v) is 9.22. The van der Waals surface area contributed by atoms with Crippen LogP contribution in [0.15, 0.2) is 58.5 Å². The number of hydrogen-bond acceptors (Lipinski definition) is 7. The number of amides is 2. The molecule has 4 aliphatic rings. The molecule has 2 atom stereocenters. The maximum Gasteiger partial charge on any atom is 0.257 e. The standard InChI is InChI=1S/C36H38N4O5/c1-23-15-28-30(37-20-26-11-8-12-39(26)35(28)41)18-32(23)44-13-6-3-7-14-45-34-19-31-29(17-33(34)43-2)36(42)40-22-25-10-5-4-9-24(25)16-27(40)21-38-31/h4-5,9-10,15,17-21,26-27H,3,6-8,11-14,16,22H2,1-2H3/t26-,27-/m0/s1. The first-order chi connectivity index (χ1) is 22.0. The van der Waals surface area contributed by atoms with Crippen molar-refractivity contribution in [2.24, 2.45) is 9.98 Å². The molecule has 232 valence electrons. The summed E-state index contributed by atoms with van der Waals surface area (Å²) in [7, 11) is 1.59. The van der Waals surface area contributed by atoms with Crippen LogP contribution in [0.25, 0.3) is 0 Å². The molecule has 0 aliphatic carbocycles. The Labute approximate surface area is 263 Å². The van der Waals surface area contributed by atoms with E-state index in [9.17, 15) is 9.59 Å². The highest BCUT2D eigenvalue weighted by Crippen LogP contribution is 2.39. The van der Waals surface area contributed by atoms with Gasteiger partial charge in [-0.2, -0.15) is 0 Å². The largest absolute Gasteiger partial charge is 0.493 e. The van der Waals surface area contributed by atoms with Gasteiger partial charge in [0.15, 0.2) is 11.5 Å². The first-order valence-corrected chi connectivity index (χ1v) is 15.9. The second-order valence-electron chi connectivity index (χ2n) is 12.2. The Hall–Kier alpha value is -4.66. The summed E-state index contributed by atoms with van der Waals surface area (Å²) in [5.41, 5.74) is 5.84. The fourth-order valence-corrected chi connectivity index (χ4v) is 6.70. The molecule has 0 unspecified atom stereocenters. The van der Waals surface area contributed by atoms with E-state index in [1.807, 2.05) is 59.5 Å². The Balaban J connectivity index is 0.929. The van der Waals surface area contributed by atoms with Crippen molar-refractivity contribution in [2.45, 2.75) is 64.1 Å². The van der Waals surface area contributed by atoms with Gasteiger partial charge in [0.25, 0.3) is 11.8 Å². The second-order valence-corrected chi connectivity index (χ2v) is 12.2. The highest BCUT2D eigenvalue weighted by molar-refractivity contribution is 6.04. The van der Waals surface area contributed by atoms with E-state index in [2.05, 4.69) is 17.1 Å². The number of ether oxygens (including phenoxy) is 3. The molecule has 1 saturated heterocycles. The highest BCUT2D eigenvalue weighted by Gasteiger charge is 2.34. The number of methoxy groups -OCH3 is 1. The molecule has 0 spiro atoms. The quantitative estimate of drug-likeness (QED) is 0.269. The average Bonchev–Trinajstić information content (AvgIpc) is 3.44. The van der Waals surface area contributed by atoms with Crippen LogP contribution in [0.3, 0.4) is 0 Å². The number of carbonyl (C=O) groups is 2. The summed E-state index contributed by atoms with van der Waals surface area (Å²) in [5.74, 6) is 1.89. The van der Waals surface area contributed by atoms with E-state index in [4.69, 9.17) is 19.2 Å². The van der Waals surface area contributed by atoms with Gasteiger partial charge in [0.1, 0.15) is 5.75 Å². The van der Waals surface area contributed by atoms with Crippen molar-refractivity contribution >= 4 is 35.6 Å². The molecular weight excluding hydrogens is 568 g/mol. The van der Waals surface area contributed by atoms with E-state index in [0.717, 1.165) is 56.4 Å². The Morgan fingerprint density at radius 1 is 0.778 bits per heavy atom. The lowest BCUT2D eigenvalue weighted by atomic mass is 9.94. The minimum absolute atomic E-state index is 0.0460. The van der Waals surface area contributed by atoms with Crippen molar-refractivity contribution < 1.29 is 23.8 Å². The van der Waals surface area contributed by atoms with E-state index in [-0.39, 0.29) is 23.9 Å². The fourth-order valence-electron chi connectivity index (χ4n) is 6.70. The lowest BCUT2D eigenvalue weighted by molar-refractivity contribution is 0.0702. The number of nitrogens with zero attached hydrogens (tertiary/aromatic N) is 4. The summed E-state index contributed by atoms with van der Waals surface area (Å²) >= 11 is 0. The molecule has 7 rings (SSSR count). The Morgan fingerprint density at radius 3 is 2.22 bits per heavy atom. The van der Waals surface area contributed by atoms with Gasteiger partial charge in [-0.3, -0.25) is 19.6 Å². The molecule has 0 radical (unpaired) electrons. The molecule has 4 aliphatic heterocycles. The zero-order valence-electron chi connectivity index (χ0n) is 25.8. The number of hydrogen-bond donors (Lipinski definition) is 0. The summed E-state index contributed by atoms with van der Waals surface area (Å²) < 4.78 is 17.9. The van der Waals surface area contributed by atoms with Gasteiger partial charge in [0, 0.05) is 37.7 Å². The van der Waals surface area contributed by atoms with Gasteiger partial charge in [0.05, 0.1) is 54.9 Å². The van der Waals surface area contributed by atoms with E-state index in [0.29, 0.717) is 53.8 Å². The van der Waals surface area contributed by atoms with Gasteiger partial charge in [-0.05, 0) is 74.3 Å². The normalized spacial score (nSPS) is 19.6. The molecule has 9 heteroatoms. The van der Waals surface area contributed by atoms with Crippen LogP contribution < -0.4 is 14.2 Å². The summed E-state index contributed by atoms with van der Waals surface area (Å²) in [6.07, 6.45) is 9.14. The number of fused-ring (bicyclic) bond motifs is 5. The number of benzene rings is 3. The number of aryl methyl sites for hydroxylation is 1. The van der Waals surface area contributed by atoms with Crippen LogP contribution >= 0.6 is 0 Å². The molecule has 0 bridgehead atoms. The Kier molecular flexibility index (Phi) is 8.00. The van der Waals surface area contributed by atoms with E-state index in [1.54, 1.807) is 13.2 Å². The van der Waals surface area contributed by atoms with Crippen LogP contribution in [0.5, 0.6) is 17.2 Å². The number of carbonyl (C=O) groups excluding carboxylic acids is 2. The molecule has 3 aromatic carbocycles. The van der Waals surface area contributed by atoms with Crippen molar-refractivity contribution in [3.63, 3.8) is 0 Å². The van der Waals surface area contributed by atoms with Gasteiger partial charge >= 0.3 is 0 Å². The van der Waals surface area contributed by atoms with Crippen molar-refractivity contribution in [3.05, 3.63) is 76.3 Å². The van der Waals surface area contributed by atoms with Crippen molar-refractivity contribution in [2.75, 3.05) is 26.9 Å².